The number of ether oxygens (including phenoxy) is 2. The smallest absolute Gasteiger partial charge is 0.290 e. The minimum absolute atomic E-state index is 0.250. The number of rotatable bonds is 8. The lowest BCUT2D eigenvalue weighted by Crippen LogP contribution is -2.21. The van der Waals surface area contributed by atoms with E-state index in [1.807, 2.05) is 30.7 Å². The van der Waals surface area contributed by atoms with Crippen LogP contribution in [-0.2, 0) is 11.3 Å². The van der Waals surface area contributed by atoms with Crippen molar-refractivity contribution in [3.63, 3.8) is 0 Å². The molecule has 0 spiro atoms. The van der Waals surface area contributed by atoms with Crippen LogP contribution < -0.4 is 9.47 Å². The number of hydrogen-bond donors (Lipinski definition) is 2. The predicted octanol–water partition coefficient (Wildman–Crippen LogP) is 3.86. The fourth-order valence-electron chi connectivity index (χ4n) is 2.37. The van der Waals surface area contributed by atoms with E-state index in [9.17, 15) is 5.11 Å². The van der Waals surface area contributed by atoms with Gasteiger partial charge in [0.25, 0.3) is 6.47 Å². The Balaban J connectivity index is 0.00000114. The van der Waals surface area contributed by atoms with Gasteiger partial charge in [0.15, 0.2) is 11.5 Å². The normalized spacial score (nSPS) is 10.7. The van der Waals surface area contributed by atoms with Gasteiger partial charge in [0.1, 0.15) is 5.82 Å². The second-order valence-corrected chi connectivity index (χ2v) is 6.66. The number of carboxylic acid groups (broad SMARTS) is 1. The molecule has 0 unspecified atom stereocenters. The molecule has 150 valence electrons. The zero-order valence-electron chi connectivity index (χ0n) is 16.1. The molecule has 0 radical (unpaired) electrons. The molecule has 1 heterocycles. The highest BCUT2D eigenvalue weighted by Gasteiger charge is 2.18. The molecule has 0 saturated heterocycles. The molecule has 0 aliphatic rings. The molecule has 0 amide bonds. The van der Waals surface area contributed by atoms with Crippen molar-refractivity contribution in [2.45, 2.75) is 46.3 Å². The largest absolute Gasteiger partial charge is 0.490 e. The van der Waals surface area contributed by atoms with E-state index in [0.717, 1.165) is 11.4 Å². The molecular weight excluding hydrogens is 372 g/mol. The highest BCUT2D eigenvalue weighted by atomic mass is 35.5. The number of aliphatic hydroxyl groups is 1. The number of hydrogen-bond acceptors (Lipinski definition) is 5. The molecule has 0 bridgehead atoms. The lowest BCUT2D eigenvalue weighted by molar-refractivity contribution is -0.122. The van der Waals surface area contributed by atoms with E-state index >= 15 is 0 Å². The summed E-state index contributed by atoms with van der Waals surface area (Å²) in [5, 5.41) is 17.4. The number of halogens is 1. The third kappa shape index (κ3) is 7.11. The first-order valence-corrected chi connectivity index (χ1v) is 9.06. The quantitative estimate of drug-likeness (QED) is 0.655. The number of imidazole rings is 1. The van der Waals surface area contributed by atoms with Crippen LogP contribution in [0.3, 0.4) is 0 Å². The Kier molecular flexibility index (Phi) is 9.11. The van der Waals surface area contributed by atoms with Gasteiger partial charge in [-0.1, -0.05) is 11.6 Å². The molecule has 0 saturated carbocycles. The second kappa shape index (κ2) is 10.8. The van der Waals surface area contributed by atoms with Crippen LogP contribution in [-0.4, -0.2) is 45.1 Å². The Labute approximate surface area is 164 Å². The Morgan fingerprint density at radius 3 is 2.30 bits per heavy atom. The molecule has 0 aliphatic heterocycles. The Morgan fingerprint density at radius 2 is 1.78 bits per heavy atom. The van der Waals surface area contributed by atoms with E-state index in [-0.39, 0.29) is 6.47 Å². The fourth-order valence-corrected chi connectivity index (χ4v) is 2.61. The highest BCUT2D eigenvalue weighted by molar-refractivity contribution is 6.33. The number of aromatic nitrogens is 2. The summed E-state index contributed by atoms with van der Waals surface area (Å²) in [5.74, 6) is 2.02. The number of aryl methyl sites for hydroxylation is 1. The molecule has 1 aromatic heterocycles. The number of nitrogens with zero attached hydrogens (tertiary/aromatic N) is 2. The molecule has 0 atom stereocenters. The second-order valence-electron chi connectivity index (χ2n) is 6.26. The summed E-state index contributed by atoms with van der Waals surface area (Å²) in [4.78, 5) is 12.8. The summed E-state index contributed by atoms with van der Waals surface area (Å²) in [6, 6.07) is 3.63. The summed E-state index contributed by atoms with van der Waals surface area (Å²) >= 11 is 6.45. The molecule has 0 fully saturated rings. The summed E-state index contributed by atoms with van der Waals surface area (Å²) < 4.78 is 13.3. The van der Waals surface area contributed by atoms with Crippen molar-refractivity contribution in [1.82, 2.24) is 9.55 Å². The first-order chi connectivity index (χ1) is 12.8. The molecule has 7 nitrogen and oxygen atoms in total. The predicted molar refractivity (Wildman–Crippen MR) is 105 cm³/mol. The van der Waals surface area contributed by atoms with Crippen LogP contribution in [0.25, 0.3) is 11.4 Å². The minimum Gasteiger partial charge on any atom is -0.490 e. The van der Waals surface area contributed by atoms with E-state index in [2.05, 4.69) is 4.98 Å². The van der Waals surface area contributed by atoms with Crippen LogP contribution in [0.4, 0.5) is 0 Å². The standard InChI is InChI=1S/C18H25ClN2O3.CH2O2/c1-5-23-15-11-13(14(19)12-16(15)24-6-2)17-20-8-10-21(17)9-7-18(3,4)22;2-1-3/h8,10-12,22H,5-7,9H2,1-4H3;1H,(H,2,3). The van der Waals surface area contributed by atoms with Crippen LogP contribution in [0.5, 0.6) is 11.5 Å². The number of benzene rings is 1. The lowest BCUT2D eigenvalue weighted by atomic mass is 10.1. The average molecular weight is 399 g/mol. The monoisotopic (exact) mass is 398 g/mol. The van der Waals surface area contributed by atoms with Crippen molar-refractivity contribution >= 4 is 18.1 Å². The summed E-state index contributed by atoms with van der Waals surface area (Å²) in [6.45, 7) is 8.90. The van der Waals surface area contributed by atoms with Crippen LogP contribution in [0.2, 0.25) is 5.02 Å². The van der Waals surface area contributed by atoms with Crippen LogP contribution in [0.15, 0.2) is 24.5 Å². The molecule has 2 N–H and O–H groups in total. The first-order valence-electron chi connectivity index (χ1n) is 8.68. The van der Waals surface area contributed by atoms with E-state index in [0.29, 0.717) is 42.7 Å². The van der Waals surface area contributed by atoms with Gasteiger partial charge in [0.2, 0.25) is 0 Å². The molecule has 8 heteroatoms. The lowest BCUT2D eigenvalue weighted by Gasteiger charge is -2.19. The Morgan fingerprint density at radius 1 is 1.22 bits per heavy atom. The van der Waals surface area contributed by atoms with Crippen LogP contribution in [0.1, 0.15) is 34.1 Å². The van der Waals surface area contributed by atoms with Crippen molar-refractivity contribution in [3.05, 3.63) is 29.5 Å². The van der Waals surface area contributed by atoms with Gasteiger partial charge >= 0.3 is 0 Å². The van der Waals surface area contributed by atoms with Crippen LogP contribution in [0, 0.1) is 0 Å². The zero-order chi connectivity index (χ0) is 20.4. The molecule has 2 rings (SSSR count). The third-order valence-corrected chi connectivity index (χ3v) is 3.87. The van der Waals surface area contributed by atoms with Crippen molar-refractivity contribution in [3.8, 4) is 22.9 Å². The molecule has 1 aromatic carbocycles. The van der Waals surface area contributed by atoms with Crippen molar-refractivity contribution in [2.75, 3.05) is 13.2 Å². The van der Waals surface area contributed by atoms with E-state index < -0.39 is 5.60 Å². The SMILES string of the molecule is CCOc1cc(Cl)c(-c2nccn2CCC(C)(C)O)cc1OCC.O=CO. The average Bonchev–Trinajstić information content (AvgIpc) is 3.04. The van der Waals surface area contributed by atoms with Gasteiger partial charge < -0.3 is 24.3 Å². The maximum absolute atomic E-state index is 9.95. The highest BCUT2D eigenvalue weighted by Crippen LogP contribution is 2.38. The van der Waals surface area contributed by atoms with Gasteiger partial charge in [0.05, 0.1) is 23.8 Å². The van der Waals surface area contributed by atoms with E-state index in [1.165, 1.54) is 0 Å². The Bertz CT molecular complexity index is 725. The van der Waals surface area contributed by atoms with Crippen LogP contribution >= 0.6 is 11.6 Å². The van der Waals surface area contributed by atoms with E-state index in [4.69, 9.17) is 31.0 Å². The summed E-state index contributed by atoms with van der Waals surface area (Å²) in [6.07, 6.45) is 4.23. The maximum atomic E-state index is 9.95. The molecule has 0 aliphatic carbocycles. The van der Waals surface area contributed by atoms with Gasteiger partial charge in [-0.2, -0.15) is 0 Å². The molecule has 27 heavy (non-hydrogen) atoms. The van der Waals surface area contributed by atoms with Gasteiger partial charge in [-0.05, 0) is 40.2 Å². The van der Waals surface area contributed by atoms with Crippen molar-refractivity contribution in [1.29, 1.82) is 0 Å². The Hall–Kier alpha value is -2.25. The van der Waals surface area contributed by atoms with Gasteiger partial charge in [-0.3, -0.25) is 4.79 Å². The zero-order valence-corrected chi connectivity index (χ0v) is 16.9. The number of carbonyl (C=O) groups is 1. The topological polar surface area (TPSA) is 93.8 Å². The third-order valence-electron chi connectivity index (χ3n) is 3.55. The summed E-state index contributed by atoms with van der Waals surface area (Å²) in [7, 11) is 0. The molecule has 2 aromatic rings. The van der Waals surface area contributed by atoms with Crippen molar-refractivity contribution < 1.29 is 24.5 Å². The van der Waals surface area contributed by atoms with Gasteiger partial charge in [0, 0.05) is 30.6 Å². The fraction of sp³-hybridized carbons (Fsp3) is 0.474. The first kappa shape index (κ1) is 22.8. The minimum atomic E-state index is -0.735. The molecular formula is C19H27ClN2O5. The van der Waals surface area contributed by atoms with Gasteiger partial charge in [-0.15, -0.1) is 0 Å². The van der Waals surface area contributed by atoms with Crippen molar-refractivity contribution in [2.24, 2.45) is 0 Å². The summed E-state index contributed by atoms with van der Waals surface area (Å²) in [5.41, 5.74) is 0.0463. The maximum Gasteiger partial charge on any atom is 0.290 e. The van der Waals surface area contributed by atoms with E-state index in [1.54, 1.807) is 26.1 Å². The van der Waals surface area contributed by atoms with Gasteiger partial charge in [-0.25, -0.2) is 4.98 Å².